The molecule has 0 saturated heterocycles. The Kier molecular flexibility index (Phi) is 5.22. The number of hydrogen-bond acceptors (Lipinski definition) is 2. The summed E-state index contributed by atoms with van der Waals surface area (Å²) < 4.78 is 0.666. The quantitative estimate of drug-likeness (QED) is 0.733. The lowest BCUT2D eigenvalue weighted by atomic mass is 10.2. The standard InChI is InChI=1S/C14H9BrCl2N2OS/c15-10-5-7(13(18)21)1-4-12(10)19-14(20)9-6-8(16)2-3-11(9)17/h1-6H,(H2,18,21)(H,19,20). The number of thiocarbonyl (C=S) groups is 1. The molecule has 2 aromatic rings. The number of carbonyl (C=O) groups is 1. The van der Waals surface area contributed by atoms with Gasteiger partial charge in [-0.15, -0.1) is 0 Å². The molecule has 0 aliphatic heterocycles. The Morgan fingerprint density at radius 1 is 1.19 bits per heavy atom. The summed E-state index contributed by atoms with van der Waals surface area (Å²) >= 11 is 20.1. The molecular formula is C14H9BrCl2N2OS. The highest BCUT2D eigenvalue weighted by molar-refractivity contribution is 9.10. The van der Waals surface area contributed by atoms with Crippen molar-refractivity contribution in [1.82, 2.24) is 0 Å². The molecule has 0 unspecified atom stereocenters. The highest BCUT2D eigenvalue weighted by Crippen LogP contribution is 2.26. The van der Waals surface area contributed by atoms with Gasteiger partial charge in [-0.1, -0.05) is 35.4 Å². The first-order valence-electron chi connectivity index (χ1n) is 5.74. The minimum atomic E-state index is -0.355. The van der Waals surface area contributed by atoms with Crippen LogP contribution in [0, 0.1) is 0 Å². The number of benzene rings is 2. The topological polar surface area (TPSA) is 55.1 Å². The fourth-order valence-corrected chi connectivity index (χ4v) is 2.61. The minimum Gasteiger partial charge on any atom is -0.389 e. The first-order valence-corrected chi connectivity index (χ1v) is 7.70. The van der Waals surface area contributed by atoms with E-state index in [2.05, 4.69) is 21.2 Å². The molecule has 2 rings (SSSR count). The highest BCUT2D eigenvalue weighted by Gasteiger charge is 2.13. The Morgan fingerprint density at radius 3 is 2.52 bits per heavy atom. The van der Waals surface area contributed by atoms with E-state index in [4.69, 9.17) is 41.2 Å². The third kappa shape index (κ3) is 3.95. The van der Waals surface area contributed by atoms with Crippen LogP contribution in [0.25, 0.3) is 0 Å². The maximum atomic E-state index is 12.2. The minimum absolute atomic E-state index is 0.284. The number of amides is 1. The van der Waals surface area contributed by atoms with E-state index in [1.165, 1.54) is 6.07 Å². The van der Waals surface area contributed by atoms with Gasteiger partial charge in [0.2, 0.25) is 0 Å². The SMILES string of the molecule is NC(=S)c1ccc(NC(=O)c2cc(Cl)ccc2Cl)c(Br)c1. The Balaban J connectivity index is 2.27. The lowest BCUT2D eigenvalue weighted by Crippen LogP contribution is -2.14. The van der Waals surface area contributed by atoms with Gasteiger partial charge in [-0.2, -0.15) is 0 Å². The smallest absolute Gasteiger partial charge is 0.257 e. The van der Waals surface area contributed by atoms with Gasteiger partial charge in [0.1, 0.15) is 4.99 Å². The zero-order valence-electron chi connectivity index (χ0n) is 10.5. The summed E-state index contributed by atoms with van der Waals surface area (Å²) in [4.78, 5) is 12.5. The van der Waals surface area contributed by atoms with Crippen LogP contribution in [0.15, 0.2) is 40.9 Å². The molecule has 21 heavy (non-hydrogen) atoms. The number of rotatable bonds is 3. The molecule has 0 aliphatic rings. The van der Waals surface area contributed by atoms with Crippen molar-refractivity contribution < 1.29 is 4.79 Å². The van der Waals surface area contributed by atoms with Crippen molar-refractivity contribution in [3.05, 3.63) is 62.0 Å². The molecule has 0 atom stereocenters. The first-order chi connectivity index (χ1) is 9.88. The third-order valence-electron chi connectivity index (χ3n) is 2.67. The molecule has 0 saturated carbocycles. The zero-order valence-corrected chi connectivity index (χ0v) is 14.4. The molecule has 0 fully saturated rings. The summed E-state index contributed by atoms with van der Waals surface area (Å²) in [5.41, 5.74) is 7.14. The van der Waals surface area contributed by atoms with Crippen LogP contribution in [-0.4, -0.2) is 10.9 Å². The van der Waals surface area contributed by atoms with Crippen LogP contribution >= 0.6 is 51.3 Å². The molecule has 0 spiro atoms. The maximum absolute atomic E-state index is 12.2. The predicted molar refractivity (Wildman–Crippen MR) is 94.4 cm³/mol. The van der Waals surface area contributed by atoms with E-state index in [0.717, 1.165) is 0 Å². The van der Waals surface area contributed by atoms with Crippen molar-refractivity contribution in [2.45, 2.75) is 0 Å². The van der Waals surface area contributed by atoms with E-state index in [1.54, 1.807) is 30.3 Å². The van der Waals surface area contributed by atoms with Gasteiger partial charge in [0.15, 0.2) is 0 Å². The Labute approximate surface area is 145 Å². The van der Waals surface area contributed by atoms with Crippen molar-refractivity contribution in [2.24, 2.45) is 5.73 Å². The molecule has 0 aromatic heterocycles. The molecule has 0 radical (unpaired) electrons. The van der Waals surface area contributed by atoms with E-state index in [0.29, 0.717) is 31.3 Å². The Morgan fingerprint density at radius 2 is 1.90 bits per heavy atom. The second-order valence-electron chi connectivity index (χ2n) is 4.14. The van der Waals surface area contributed by atoms with Gasteiger partial charge >= 0.3 is 0 Å². The van der Waals surface area contributed by atoms with Crippen LogP contribution in [-0.2, 0) is 0 Å². The normalized spacial score (nSPS) is 10.2. The van der Waals surface area contributed by atoms with Crippen LogP contribution in [0.3, 0.4) is 0 Å². The highest BCUT2D eigenvalue weighted by atomic mass is 79.9. The maximum Gasteiger partial charge on any atom is 0.257 e. The largest absolute Gasteiger partial charge is 0.389 e. The molecule has 0 bridgehead atoms. The number of nitrogens with two attached hydrogens (primary N) is 1. The van der Waals surface area contributed by atoms with Gasteiger partial charge in [-0.05, 0) is 52.3 Å². The predicted octanol–water partition coefficient (Wildman–Crippen LogP) is 4.64. The Hall–Kier alpha value is -1.14. The Bertz CT molecular complexity index is 737. The van der Waals surface area contributed by atoms with Crippen LogP contribution < -0.4 is 11.1 Å². The molecule has 3 N–H and O–H groups in total. The molecule has 7 heteroatoms. The van der Waals surface area contributed by atoms with Crippen LogP contribution in [0.2, 0.25) is 10.0 Å². The second kappa shape index (κ2) is 6.75. The van der Waals surface area contributed by atoms with E-state index in [-0.39, 0.29) is 10.9 Å². The van der Waals surface area contributed by atoms with Gasteiger partial charge in [0.25, 0.3) is 5.91 Å². The number of nitrogens with one attached hydrogen (secondary N) is 1. The second-order valence-corrected chi connectivity index (χ2v) is 6.27. The number of carbonyl (C=O) groups excluding carboxylic acids is 1. The summed E-state index contributed by atoms with van der Waals surface area (Å²) in [5, 5.41) is 3.51. The molecule has 0 aliphatic carbocycles. The van der Waals surface area contributed by atoms with E-state index in [1.807, 2.05) is 0 Å². The van der Waals surface area contributed by atoms with E-state index in [9.17, 15) is 4.79 Å². The van der Waals surface area contributed by atoms with Crippen LogP contribution in [0.4, 0.5) is 5.69 Å². The number of anilines is 1. The van der Waals surface area contributed by atoms with Gasteiger partial charge in [0.05, 0.1) is 16.3 Å². The summed E-state index contributed by atoms with van der Waals surface area (Å²) in [6, 6.07) is 9.86. The summed E-state index contributed by atoms with van der Waals surface area (Å²) in [6.07, 6.45) is 0. The van der Waals surface area contributed by atoms with Gasteiger partial charge in [-0.3, -0.25) is 4.79 Å². The number of hydrogen-bond donors (Lipinski definition) is 2. The average Bonchev–Trinajstić information content (AvgIpc) is 2.43. The third-order valence-corrected chi connectivity index (χ3v) is 4.13. The van der Waals surface area contributed by atoms with Gasteiger partial charge in [-0.25, -0.2) is 0 Å². The van der Waals surface area contributed by atoms with Crippen molar-refractivity contribution in [1.29, 1.82) is 0 Å². The zero-order chi connectivity index (χ0) is 15.6. The summed E-state index contributed by atoms with van der Waals surface area (Å²) in [6.45, 7) is 0. The molecule has 108 valence electrons. The first kappa shape index (κ1) is 16.2. The van der Waals surface area contributed by atoms with Gasteiger partial charge < -0.3 is 11.1 Å². The average molecular weight is 404 g/mol. The van der Waals surface area contributed by atoms with Crippen molar-refractivity contribution in [2.75, 3.05) is 5.32 Å². The fraction of sp³-hybridized carbons (Fsp3) is 0. The molecule has 3 nitrogen and oxygen atoms in total. The van der Waals surface area contributed by atoms with Crippen LogP contribution in [0.1, 0.15) is 15.9 Å². The molecule has 2 aromatic carbocycles. The monoisotopic (exact) mass is 402 g/mol. The fourth-order valence-electron chi connectivity index (χ4n) is 1.63. The summed E-state index contributed by atoms with van der Waals surface area (Å²) in [5.74, 6) is -0.355. The lowest BCUT2D eigenvalue weighted by molar-refractivity contribution is 0.102. The molecule has 1 amide bonds. The number of halogens is 3. The van der Waals surface area contributed by atoms with E-state index < -0.39 is 0 Å². The molecular weight excluding hydrogens is 395 g/mol. The van der Waals surface area contributed by atoms with E-state index >= 15 is 0 Å². The van der Waals surface area contributed by atoms with Gasteiger partial charge in [0, 0.05) is 15.1 Å². The lowest BCUT2D eigenvalue weighted by Gasteiger charge is -2.10. The molecule has 0 heterocycles. The van der Waals surface area contributed by atoms with Crippen LogP contribution in [0.5, 0.6) is 0 Å². The summed E-state index contributed by atoms with van der Waals surface area (Å²) in [7, 11) is 0. The van der Waals surface area contributed by atoms with Crippen molar-refractivity contribution in [3.8, 4) is 0 Å². The van der Waals surface area contributed by atoms with Crippen molar-refractivity contribution >= 4 is 67.9 Å². The van der Waals surface area contributed by atoms with Crippen molar-refractivity contribution in [3.63, 3.8) is 0 Å².